The fraction of sp³-hybridized carbons (Fsp3) is 0.947. The van der Waals surface area contributed by atoms with Gasteiger partial charge in [-0.15, -0.1) is 0 Å². The van der Waals surface area contributed by atoms with Gasteiger partial charge >= 0.3 is 0 Å². The van der Waals surface area contributed by atoms with Crippen molar-refractivity contribution in [3.05, 3.63) is 0 Å². The Hall–Kier alpha value is -0.770. The lowest BCUT2D eigenvalue weighted by molar-refractivity contribution is 0.161. The van der Waals surface area contributed by atoms with Crippen LogP contribution >= 0.6 is 0 Å². The van der Waals surface area contributed by atoms with E-state index in [1.807, 2.05) is 0 Å². The number of rotatable bonds is 5. The van der Waals surface area contributed by atoms with E-state index in [2.05, 4.69) is 42.8 Å². The zero-order valence-electron chi connectivity index (χ0n) is 15.9. The summed E-state index contributed by atoms with van der Waals surface area (Å²) in [4.78, 5) is 10.1. The molecule has 2 aliphatic heterocycles. The highest BCUT2D eigenvalue weighted by molar-refractivity contribution is 5.80. The van der Waals surface area contributed by atoms with Crippen molar-refractivity contribution in [2.45, 2.75) is 53.4 Å². The molecule has 1 unspecified atom stereocenters. The van der Waals surface area contributed by atoms with Gasteiger partial charge in [-0.05, 0) is 56.9 Å². The van der Waals surface area contributed by atoms with Crippen molar-refractivity contribution >= 4 is 5.96 Å². The molecule has 1 atom stereocenters. The zero-order chi connectivity index (χ0) is 16.7. The number of aliphatic imine (C=N–C) groups is 1. The quantitative estimate of drug-likeness (QED) is 0.623. The van der Waals surface area contributed by atoms with Gasteiger partial charge in [0.1, 0.15) is 0 Å². The van der Waals surface area contributed by atoms with Crippen LogP contribution in [-0.4, -0.2) is 61.6 Å². The molecule has 0 aromatic heterocycles. The molecule has 134 valence electrons. The number of hydrogen-bond donors (Lipinski definition) is 1. The number of nitrogens with one attached hydrogen (secondary N) is 1. The van der Waals surface area contributed by atoms with E-state index in [9.17, 15) is 0 Å². The van der Waals surface area contributed by atoms with E-state index in [0.29, 0.717) is 0 Å². The van der Waals surface area contributed by atoms with E-state index in [4.69, 9.17) is 4.99 Å². The SMILES string of the molecule is CCNC(=NCC1CCCN(CC(C)C)C1)N1CCC(C)CC1. The summed E-state index contributed by atoms with van der Waals surface area (Å²) in [5.74, 6) is 3.53. The second-order valence-corrected chi connectivity index (χ2v) is 8.03. The van der Waals surface area contributed by atoms with Crippen LogP contribution in [0.15, 0.2) is 4.99 Å². The third kappa shape index (κ3) is 6.33. The van der Waals surface area contributed by atoms with Gasteiger partial charge in [-0.25, -0.2) is 0 Å². The molecular weight excluding hydrogens is 284 g/mol. The number of hydrogen-bond acceptors (Lipinski definition) is 2. The van der Waals surface area contributed by atoms with Gasteiger partial charge in [0.25, 0.3) is 0 Å². The van der Waals surface area contributed by atoms with E-state index in [-0.39, 0.29) is 0 Å². The molecule has 0 aromatic carbocycles. The highest BCUT2D eigenvalue weighted by Crippen LogP contribution is 2.19. The van der Waals surface area contributed by atoms with Gasteiger partial charge in [0, 0.05) is 39.3 Å². The third-order valence-electron chi connectivity index (χ3n) is 5.14. The molecule has 0 aliphatic carbocycles. The van der Waals surface area contributed by atoms with Crippen LogP contribution in [0.4, 0.5) is 0 Å². The summed E-state index contributed by atoms with van der Waals surface area (Å²) >= 11 is 0. The van der Waals surface area contributed by atoms with Gasteiger partial charge in [0.15, 0.2) is 5.96 Å². The first-order valence-electron chi connectivity index (χ1n) is 9.84. The van der Waals surface area contributed by atoms with Crippen molar-refractivity contribution in [2.24, 2.45) is 22.7 Å². The average Bonchev–Trinajstić information content (AvgIpc) is 2.52. The van der Waals surface area contributed by atoms with Crippen LogP contribution < -0.4 is 5.32 Å². The minimum Gasteiger partial charge on any atom is -0.357 e. The number of nitrogens with zero attached hydrogens (tertiary/aromatic N) is 3. The molecule has 0 radical (unpaired) electrons. The van der Waals surface area contributed by atoms with Gasteiger partial charge in [-0.1, -0.05) is 20.8 Å². The fourth-order valence-electron chi connectivity index (χ4n) is 3.84. The van der Waals surface area contributed by atoms with Crippen LogP contribution in [0, 0.1) is 17.8 Å². The van der Waals surface area contributed by atoms with Crippen LogP contribution in [0.25, 0.3) is 0 Å². The Morgan fingerprint density at radius 1 is 1.17 bits per heavy atom. The minimum atomic E-state index is 0.736. The number of guanidine groups is 1. The zero-order valence-corrected chi connectivity index (χ0v) is 15.9. The van der Waals surface area contributed by atoms with Crippen molar-refractivity contribution < 1.29 is 0 Å². The molecule has 2 rings (SSSR count). The Kier molecular flexibility index (Phi) is 7.68. The summed E-state index contributed by atoms with van der Waals surface area (Å²) in [5.41, 5.74) is 0. The van der Waals surface area contributed by atoms with E-state index in [1.54, 1.807) is 0 Å². The maximum absolute atomic E-state index is 5.00. The van der Waals surface area contributed by atoms with Crippen LogP contribution in [0.2, 0.25) is 0 Å². The monoisotopic (exact) mass is 322 g/mol. The molecule has 2 aliphatic rings. The minimum absolute atomic E-state index is 0.736. The van der Waals surface area contributed by atoms with E-state index < -0.39 is 0 Å². The molecule has 0 aromatic rings. The molecule has 2 heterocycles. The summed E-state index contributed by atoms with van der Waals surface area (Å²) in [7, 11) is 0. The topological polar surface area (TPSA) is 30.9 Å². The first kappa shape index (κ1) is 18.6. The van der Waals surface area contributed by atoms with Gasteiger partial charge in [0.2, 0.25) is 0 Å². The number of piperidine rings is 2. The smallest absolute Gasteiger partial charge is 0.193 e. The van der Waals surface area contributed by atoms with Crippen LogP contribution in [0.3, 0.4) is 0 Å². The Bertz CT molecular complexity index is 358. The van der Waals surface area contributed by atoms with Gasteiger partial charge in [0.05, 0.1) is 0 Å². The lowest BCUT2D eigenvalue weighted by Crippen LogP contribution is -2.46. The largest absolute Gasteiger partial charge is 0.357 e. The predicted octanol–water partition coefficient (Wildman–Crippen LogP) is 3.05. The lowest BCUT2D eigenvalue weighted by Gasteiger charge is -2.35. The molecular formula is C19H38N4. The van der Waals surface area contributed by atoms with Crippen molar-refractivity contribution in [2.75, 3.05) is 45.8 Å². The molecule has 1 N–H and O–H groups in total. The van der Waals surface area contributed by atoms with E-state index >= 15 is 0 Å². The highest BCUT2D eigenvalue weighted by atomic mass is 15.3. The molecule has 0 bridgehead atoms. The molecule has 0 saturated carbocycles. The summed E-state index contributed by atoms with van der Waals surface area (Å²) in [6.07, 6.45) is 5.28. The molecule has 0 amide bonds. The van der Waals surface area contributed by atoms with E-state index in [0.717, 1.165) is 49.9 Å². The van der Waals surface area contributed by atoms with Gasteiger partial charge in [-0.3, -0.25) is 4.99 Å². The average molecular weight is 323 g/mol. The Balaban J connectivity index is 1.86. The summed E-state index contributed by atoms with van der Waals surface area (Å²) in [5, 5.41) is 3.51. The second kappa shape index (κ2) is 9.51. The normalized spacial score (nSPS) is 25.2. The summed E-state index contributed by atoms with van der Waals surface area (Å²) in [6, 6.07) is 0. The van der Waals surface area contributed by atoms with Crippen molar-refractivity contribution in [1.29, 1.82) is 0 Å². The Morgan fingerprint density at radius 3 is 2.57 bits per heavy atom. The predicted molar refractivity (Wildman–Crippen MR) is 100.0 cm³/mol. The van der Waals surface area contributed by atoms with Crippen molar-refractivity contribution in [3.8, 4) is 0 Å². The van der Waals surface area contributed by atoms with Crippen molar-refractivity contribution in [3.63, 3.8) is 0 Å². The second-order valence-electron chi connectivity index (χ2n) is 8.03. The van der Waals surface area contributed by atoms with Crippen LogP contribution in [-0.2, 0) is 0 Å². The Morgan fingerprint density at radius 2 is 1.91 bits per heavy atom. The van der Waals surface area contributed by atoms with Gasteiger partial charge in [-0.2, -0.15) is 0 Å². The lowest BCUT2D eigenvalue weighted by atomic mass is 9.97. The molecule has 4 heteroatoms. The van der Waals surface area contributed by atoms with Crippen LogP contribution in [0.1, 0.15) is 53.4 Å². The van der Waals surface area contributed by atoms with E-state index in [1.165, 1.54) is 45.3 Å². The highest BCUT2D eigenvalue weighted by Gasteiger charge is 2.22. The third-order valence-corrected chi connectivity index (χ3v) is 5.14. The summed E-state index contributed by atoms with van der Waals surface area (Å²) < 4.78 is 0. The first-order chi connectivity index (χ1) is 11.1. The maximum Gasteiger partial charge on any atom is 0.193 e. The van der Waals surface area contributed by atoms with Crippen LogP contribution in [0.5, 0.6) is 0 Å². The maximum atomic E-state index is 5.00. The molecule has 23 heavy (non-hydrogen) atoms. The number of likely N-dealkylation sites (tertiary alicyclic amines) is 2. The van der Waals surface area contributed by atoms with Gasteiger partial charge < -0.3 is 15.1 Å². The molecule has 2 fully saturated rings. The van der Waals surface area contributed by atoms with Crippen molar-refractivity contribution in [1.82, 2.24) is 15.1 Å². The Labute approximate surface area is 143 Å². The molecule has 2 saturated heterocycles. The standard InChI is InChI=1S/C19H38N4/c1-5-20-19(23-11-8-17(4)9-12-23)21-13-18-7-6-10-22(15-18)14-16(2)3/h16-18H,5-15H2,1-4H3,(H,20,21). The molecule has 4 nitrogen and oxygen atoms in total. The molecule has 0 spiro atoms. The first-order valence-corrected chi connectivity index (χ1v) is 9.84. The fourth-order valence-corrected chi connectivity index (χ4v) is 3.84. The summed E-state index contributed by atoms with van der Waals surface area (Å²) in [6.45, 7) is 17.2.